The van der Waals surface area contributed by atoms with Crippen molar-refractivity contribution in [2.24, 2.45) is 16.7 Å². The third-order valence-electron chi connectivity index (χ3n) is 9.61. The van der Waals surface area contributed by atoms with Gasteiger partial charge in [0.15, 0.2) is 17.5 Å². The molecular formula is C31H36O10. The summed E-state index contributed by atoms with van der Waals surface area (Å²) in [6.45, 7) is 8.83. The largest absolute Gasteiger partial charge is 0.455 e. The van der Waals surface area contributed by atoms with Gasteiger partial charge in [0, 0.05) is 25.7 Å². The number of hydrogen-bond donors (Lipinski definition) is 2. The summed E-state index contributed by atoms with van der Waals surface area (Å²) >= 11 is 0. The highest BCUT2D eigenvalue weighted by Crippen LogP contribution is 2.62. The smallest absolute Gasteiger partial charge is 0.338 e. The number of carbonyl (C=O) groups is 4. The van der Waals surface area contributed by atoms with Crippen molar-refractivity contribution < 1.29 is 48.3 Å². The van der Waals surface area contributed by atoms with Gasteiger partial charge in [0.2, 0.25) is 0 Å². The Balaban J connectivity index is 1.82. The van der Waals surface area contributed by atoms with Gasteiger partial charge in [0.05, 0.1) is 29.6 Å². The maximum atomic E-state index is 14.7. The molecule has 220 valence electrons. The van der Waals surface area contributed by atoms with Gasteiger partial charge >= 0.3 is 17.9 Å². The molecule has 1 aromatic rings. The average Bonchev–Trinajstić information content (AvgIpc) is 2.88. The van der Waals surface area contributed by atoms with Gasteiger partial charge in [-0.25, -0.2) is 4.79 Å². The lowest BCUT2D eigenvalue weighted by Crippen LogP contribution is -2.78. The summed E-state index contributed by atoms with van der Waals surface area (Å²) in [7, 11) is 0. The molecular weight excluding hydrogens is 532 g/mol. The van der Waals surface area contributed by atoms with E-state index >= 15 is 0 Å². The Morgan fingerprint density at radius 2 is 1.68 bits per heavy atom. The van der Waals surface area contributed by atoms with E-state index in [1.54, 1.807) is 70.2 Å². The van der Waals surface area contributed by atoms with Crippen LogP contribution < -0.4 is 0 Å². The summed E-state index contributed by atoms with van der Waals surface area (Å²) in [4.78, 5) is 53.2. The molecule has 0 aromatic heterocycles. The van der Waals surface area contributed by atoms with Crippen LogP contribution in [0.3, 0.4) is 0 Å². The number of esters is 3. The molecule has 1 heterocycles. The molecule has 41 heavy (non-hydrogen) atoms. The fourth-order valence-electron chi connectivity index (χ4n) is 7.46. The van der Waals surface area contributed by atoms with Crippen molar-refractivity contribution in [1.29, 1.82) is 0 Å². The number of benzene rings is 1. The molecule has 10 heteroatoms. The first-order valence-electron chi connectivity index (χ1n) is 13.7. The number of allylic oxidation sites excluding steroid dienone is 1. The number of fused-ring (bicyclic) bond motifs is 5. The Morgan fingerprint density at radius 1 is 1.02 bits per heavy atom. The Hall–Kier alpha value is -3.34. The van der Waals surface area contributed by atoms with Crippen LogP contribution in [0.4, 0.5) is 0 Å². The number of Topliss-reactive ketones (excluding diaryl/α,β-unsaturated/α-hetero) is 1. The highest BCUT2D eigenvalue weighted by Gasteiger charge is 2.75. The molecule has 5 rings (SSSR count). The van der Waals surface area contributed by atoms with E-state index in [1.807, 2.05) is 0 Å². The Morgan fingerprint density at radius 3 is 2.24 bits per heavy atom. The minimum Gasteiger partial charge on any atom is -0.455 e. The molecule has 1 saturated heterocycles. The minimum absolute atomic E-state index is 0.131. The van der Waals surface area contributed by atoms with E-state index in [4.69, 9.17) is 18.9 Å². The van der Waals surface area contributed by atoms with E-state index in [9.17, 15) is 29.4 Å². The molecule has 1 aromatic carbocycles. The molecule has 2 N–H and O–H groups in total. The summed E-state index contributed by atoms with van der Waals surface area (Å²) in [5.41, 5.74) is -5.63. The molecule has 2 fully saturated rings. The number of aliphatic hydroxyl groups excluding tert-OH is 1. The molecule has 3 aliphatic carbocycles. The second kappa shape index (κ2) is 9.61. The first-order valence-corrected chi connectivity index (χ1v) is 13.7. The van der Waals surface area contributed by atoms with E-state index in [0.717, 1.165) is 0 Å². The van der Waals surface area contributed by atoms with Gasteiger partial charge in [0.1, 0.15) is 17.8 Å². The number of aliphatic hydroxyl groups is 2. The summed E-state index contributed by atoms with van der Waals surface area (Å²) < 4.78 is 23.6. The Bertz CT molecular complexity index is 1360. The standard InChI is InChI=1S/C31H36O10/c1-16-20(34)14-31(37)26(40-27(36)19-10-8-7-9-11-19)24-29(6,13-12-21-30(24,15-38-21)41-18(3)33)25(35)23(39-17(2)32)22(16)28(31,4)5/h7-13,20-21,23-24,26,34,37H,14-15H2,1-6H3/t20?,21?,23?,24?,26?,29-,30+,31-/m1/s1. The van der Waals surface area contributed by atoms with Crippen LogP contribution in [-0.2, 0) is 33.3 Å². The van der Waals surface area contributed by atoms with Gasteiger partial charge < -0.3 is 29.2 Å². The van der Waals surface area contributed by atoms with Crippen molar-refractivity contribution in [3.8, 4) is 0 Å². The highest BCUT2D eigenvalue weighted by atomic mass is 16.6. The highest BCUT2D eigenvalue weighted by molar-refractivity contribution is 5.96. The van der Waals surface area contributed by atoms with Crippen LogP contribution in [0.15, 0.2) is 53.6 Å². The van der Waals surface area contributed by atoms with E-state index in [2.05, 4.69) is 0 Å². The van der Waals surface area contributed by atoms with Gasteiger partial charge in [-0.05, 0) is 37.1 Å². The zero-order valence-electron chi connectivity index (χ0n) is 24.0. The fourth-order valence-corrected chi connectivity index (χ4v) is 7.46. The van der Waals surface area contributed by atoms with Crippen LogP contribution >= 0.6 is 0 Å². The van der Waals surface area contributed by atoms with Crippen LogP contribution in [0.5, 0.6) is 0 Å². The van der Waals surface area contributed by atoms with E-state index in [1.165, 1.54) is 13.8 Å². The van der Waals surface area contributed by atoms with E-state index in [-0.39, 0.29) is 24.2 Å². The van der Waals surface area contributed by atoms with Crippen molar-refractivity contribution in [1.82, 2.24) is 0 Å². The van der Waals surface area contributed by atoms with Crippen molar-refractivity contribution >= 4 is 23.7 Å². The maximum absolute atomic E-state index is 14.7. The van der Waals surface area contributed by atoms with Crippen molar-refractivity contribution in [2.45, 2.75) is 83.6 Å². The molecule has 8 atom stereocenters. The number of ether oxygens (including phenoxy) is 4. The summed E-state index contributed by atoms with van der Waals surface area (Å²) in [6, 6.07) is 8.19. The van der Waals surface area contributed by atoms with Gasteiger partial charge in [-0.15, -0.1) is 0 Å². The monoisotopic (exact) mass is 568 g/mol. The fraction of sp³-hybridized carbons (Fsp3) is 0.548. The van der Waals surface area contributed by atoms with Crippen LogP contribution in [-0.4, -0.2) is 76.1 Å². The van der Waals surface area contributed by atoms with Gasteiger partial charge in [-0.3, -0.25) is 14.4 Å². The SMILES string of the molecule is CC(=O)OC1C(=O)[C@]2(C)C=CC3OC[C@@]3(OC(C)=O)C2C(OC(=O)c2ccccc2)[C@]2(O)CC(O)C(C)=C1C2(C)C. The van der Waals surface area contributed by atoms with Gasteiger partial charge in [-0.1, -0.05) is 44.2 Å². The second-order valence-corrected chi connectivity index (χ2v) is 12.3. The molecule has 1 aliphatic heterocycles. The maximum Gasteiger partial charge on any atom is 0.338 e. The molecule has 0 radical (unpaired) electrons. The summed E-state index contributed by atoms with van der Waals surface area (Å²) in [5.74, 6) is -3.89. The number of carbonyl (C=O) groups excluding carboxylic acids is 4. The first kappa shape index (κ1) is 29.2. The number of hydrogen-bond acceptors (Lipinski definition) is 10. The predicted octanol–water partition coefficient (Wildman–Crippen LogP) is 2.46. The molecule has 1 saturated carbocycles. The first-order chi connectivity index (χ1) is 19.1. The van der Waals surface area contributed by atoms with E-state index < -0.39 is 76.1 Å². The lowest BCUT2D eigenvalue weighted by molar-refractivity contribution is -0.306. The van der Waals surface area contributed by atoms with E-state index in [0.29, 0.717) is 5.57 Å². The zero-order chi connectivity index (χ0) is 30.1. The molecule has 0 spiro atoms. The third-order valence-corrected chi connectivity index (χ3v) is 9.61. The summed E-state index contributed by atoms with van der Waals surface area (Å²) in [5, 5.41) is 24.1. The van der Waals surface area contributed by atoms with Crippen LogP contribution in [0.25, 0.3) is 0 Å². The zero-order valence-corrected chi connectivity index (χ0v) is 24.0. The average molecular weight is 569 g/mol. The van der Waals surface area contributed by atoms with Crippen molar-refractivity contribution in [2.75, 3.05) is 6.61 Å². The normalized spacial score (nSPS) is 38.8. The molecule has 0 amide bonds. The molecule has 4 aliphatic rings. The van der Waals surface area contributed by atoms with Crippen LogP contribution in [0, 0.1) is 16.7 Å². The molecule has 10 nitrogen and oxygen atoms in total. The quantitative estimate of drug-likeness (QED) is 0.316. The Kier molecular flexibility index (Phi) is 6.83. The van der Waals surface area contributed by atoms with Crippen LogP contribution in [0.1, 0.15) is 58.3 Å². The van der Waals surface area contributed by atoms with Gasteiger partial charge in [-0.2, -0.15) is 0 Å². The number of rotatable bonds is 4. The van der Waals surface area contributed by atoms with Crippen LogP contribution in [0.2, 0.25) is 0 Å². The van der Waals surface area contributed by atoms with Gasteiger partial charge in [0.25, 0.3) is 0 Å². The van der Waals surface area contributed by atoms with Crippen molar-refractivity contribution in [3.05, 3.63) is 59.2 Å². The number of ketones is 1. The minimum atomic E-state index is -2.02. The lowest BCUT2D eigenvalue weighted by Gasteiger charge is -2.65. The second-order valence-electron chi connectivity index (χ2n) is 12.3. The topological polar surface area (TPSA) is 146 Å². The Labute approximate surface area is 238 Å². The lowest BCUT2D eigenvalue weighted by atomic mass is 9.46. The van der Waals surface area contributed by atoms with Crippen molar-refractivity contribution in [3.63, 3.8) is 0 Å². The predicted molar refractivity (Wildman–Crippen MR) is 143 cm³/mol. The molecule has 2 bridgehead atoms. The summed E-state index contributed by atoms with van der Waals surface area (Å²) in [6.07, 6.45) is -2.06. The molecule has 5 unspecified atom stereocenters. The third kappa shape index (κ3) is 4.10.